The lowest BCUT2D eigenvalue weighted by Crippen LogP contribution is -2.39. The number of ketones is 1. The first-order chi connectivity index (χ1) is 7.70. The van der Waals surface area contributed by atoms with E-state index in [0.29, 0.717) is 12.1 Å². The van der Waals surface area contributed by atoms with Crippen molar-refractivity contribution in [2.45, 2.75) is 19.8 Å². The highest BCUT2D eigenvalue weighted by Crippen LogP contribution is 2.12. The minimum Gasteiger partial charge on any atom is -0.294 e. The molecule has 1 amide bonds. The molecule has 0 aliphatic heterocycles. The molecular formula is C11H16ClN3O2. The van der Waals surface area contributed by atoms with Crippen LogP contribution in [-0.4, -0.2) is 16.7 Å². The first-order valence-corrected chi connectivity index (χ1v) is 5.16. The topological polar surface area (TPSA) is 85.1 Å². The smallest absolute Gasteiger partial charge is 0.244 e. The zero-order chi connectivity index (χ0) is 12.0. The third-order valence-electron chi connectivity index (χ3n) is 2.27. The maximum atomic E-state index is 12.0. The van der Waals surface area contributed by atoms with Crippen LogP contribution in [0.3, 0.4) is 0 Å². The third-order valence-corrected chi connectivity index (χ3v) is 2.27. The summed E-state index contributed by atoms with van der Waals surface area (Å²) in [6.45, 7) is 1.91. The summed E-state index contributed by atoms with van der Waals surface area (Å²) >= 11 is 0. The molecule has 94 valence electrons. The number of halogens is 1. The van der Waals surface area contributed by atoms with Crippen molar-refractivity contribution in [1.82, 2.24) is 10.4 Å². The van der Waals surface area contributed by atoms with Crippen molar-refractivity contribution >= 4 is 24.1 Å². The number of aromatic nitrogens is 1. The molecule has 0 bridgehead atoms. The minimum absolute atomic E-state index is 0. The molecule has 1 aromatic rings. The highest BCUT2D eigenvalue weighted by molar-refractivity contribution is 6.08. The highest BCUT2D eigenvalue weighted by atomic mass is 35.5. The first kappa shape index (κ1) is 15.5. The van der Waals surface area contributed by atoms with Crippen molar-refractivity contribution in [2.75, 3.05) is 0 Å². The molecule has 3 N–H and O–H groups in total. The SMILES string of the molecule is CCCC(C(=O)NN)C(=O)c1ccccn1.Cl. The number of carbonyl (C=O) groups excluding carboxylic acids is 2. The molecule has 0 radical (unpaired) electrons. The Morgan fingerprint density at radius 3 is 2.65 bits per heavy atom. The number of rotatable bonds is 5. The quantitative estimate of drug-likeness (QED) is 0.272. The molecule has 17 heavy (non-hydrogen) atoms. The summed E-state index contributed by atoms with van der Waals surface area (Å²) < 4.78 is 0. The second kappa shape index (κ2) is 7.76. The van der Waals surface area contributed by atoms with Crippen molar-refractivity contribution in [3.05, 3.63) is 30.1 Å². The Labute approximate surface area is 106 Å². The van der Waals surface area contributed by atoms with Crippen LogP contribution in [0.1, 0.15) is 30.3 Å². The lowest BCUT2D eigenvalue weighted by Gasteiger charge is -2.12. The number of hydrazine groups is 1. The maximum Gasteiger partial charge on any atom is 0.244 e. The number of hydrogen-bond donors (Lipinski definition) is 2. The van der Waals surface area contributed by atoms with E-state index in [0.717, 1.165) is 6.42 Å². The Hall–Kier alpha value is -1.46. The molecule has 0 aromatic carbocycles. The van der Waals surface area contributed by atoms with Gasteiger partial charge in [-0.15, -0.1) is 12.4 Å². The zero-order valence-corrected chi connectivity index (χ0v) is 10.4. The number of carbonyl (C=O) groups is 2. The molecule has 1 heterocycles. The summed E-state index contributed by atoms with van der Waals surface area (Å²) in [5.41, 5.74) is 2.31. The van der Waals surface area contributed by atoms with E-state index in [9.17, 15) is 9.59 Å². The lowest BCUT2D eigenvalue weighted by molar-refractivity contribution is -0.123. The van der Waals surface area contributed by atoms with E-state index in [1.54, 1.807) is 18.2 Å². The lowest BCUT2D eigenvalue weighted by atomic mass is 9.95. The third kappa shape index (κ3) is 4.13. The zero-order valence-electron chi connectivity index (χ0n) is 9.55. The molecule has 0 saturated heterocycles. The maximum absolute atomic E-state index is 12.0. The van der Waals surface area contributed by atoms with Gasteiger partial charge in [0.1, 0.15) is 11.6 Å². The van der Waals surface area contributed by atoms with Crippen LogP contribution >= 0.6 is 12.4 Å². The number of nitrogens with one attached hydrogen (secondary N) is 1. The van der Waals surface area contributed by atoms with Gasteiger partial charge in [0.05, 0.1) is 0 Å². The number of nitrogens with zero attached hydrogens (tertiary/aromatic N) is 1. The van der Waals surface area contributed by atoms with E-state index in [1.165, 1.54) is 6.20 Å². The second-order valence-corrected chi connectivity index (χ2v) is 3.43. The van der Waals surface area contributed by atoms with Crippen LogP contribution in [0.25, 0.3) is 0 Å². The van der Waals surface area contributed by atoms with Gasteiger partial charge in [0.25, 0.3) is 0 Å². The molecule has 0 saturated carbocycles. The Bertz CT molecular complexity index is 370. The van der Waals surface area contributed by atoms with E-state index in [-0.39, 0.29) is 18.2 Å². The predicted molar refractivity (Wildman–Crippen MR) is 66.5 cm³/mol. The van der Waals surface area contributed by atoms with E-state index >= 15 is 0 Å². The van der Waals surface area contributed by atoms with Crippen LogP contribution < -0.4 is 11.3 Å². The summed E-state index contributed by atoms with van der Waals surface area (Å²) in [5, 5.41) is 0. The molecule has 1 atom stereocenters. The summed E-state index contributed by atoms with van der Waals surface area (Å²) in [6, 6.07) is 5.02. The van der Waals surface area contributed by atoms with Gasteiger partial charge in [-0.05, 0) is 18.6 Å². The van der Waals surface area contributed by atoms with Crippen molar-refractivity contribution < 1.29 is 9.59 Å². The summed E-state index contributed by atoms with van der Waals surface area (Å²) in [4.78, 5) is 27.3. The monoisotopic (exact) mass is 257 g/mol. The van der Waals surface area contributed by atoms with Crippen LogP contribution in [0, 0.1) is 5.92 Å². The highest BCUT2D eigenvalue weighted by Gasteiger charge is 2.26. The fraction of sp³-hybridized carbons (Fsp3) is 0.364. The Balaban J connectivity index is 0.00000256. The van der Waals surface area contributed by atoms with E-state index in [2.05, 4.69) is 4.98 Å². The fourth-order valence-electron chi connectivity index (χ4n) is 1.46. The minimum atomic E-state index is -0.745. The number of Topliss-reactive ketones (excluding diaryl/α,β-unsaturated/α-hetero) is 1. The molecule has 0 aliphatic carbocycles. The van der Waals surface area contributed by atoms with Crippen molar-refractivity contribution in [3.63, 3.8) is 0 Å². The van der Waals surface area contributed by atoms with Gasteiger partial charge in [-0.3, -0.25) is 20.0 Å². The van der Waals surface area contributed by atoms with Crippen molar-refractivity contribution in [3.8, 4) is 0 Å². The van der Waals surface area contributed by atoms with Gasteiger partial charge >= 0.3 is 0 Å². The number of amides is 1. The Morgan fingerprint density at radius 2 is 2.18 bits per heavy atom. The number of hydrogen-bond acceptors (Lipinski definition) is 4. The summed E-state index contributed by atoms with van der Waals surface area (Å²) in [6.07, 6.45) is 2.73. The van der Waals surface area contributed by atoms with Gasteiger partial charge in [-0.25, -0.2) is 5.84 Å². The normalized spacial score (nSPS) is 11.2. The standard InChI is InChI=1S/C11H15N3O2.ClH/c1-2-5-8(11(16)14-12)10(15)9-6-3-4-7-13-9;/h3-4,6-8H,2,5,12H2,1H3,(H,14,16);1H. The van der Waals surface area contributed by atoms with Gasteiger partial charge in [0.2, 0.25) is 5.91 Å². The van der Waals surface area contributed by atoms with Gasteiger partial charge in [-0.1, -0.05) is 19.4 Å². The van der Waals surface area contributed by atoms with E-state index < -0.39 is 11.8 Å². The Morgan fingerprint density at radius 1 is 1.47 bits per heavy atom. The van der Waals surface area contributed by atoms with Gasteiger partial charge in [0, 0.05) is 6.20 Å². The van der Waals surface area contributed by atoms with E-state index in [1.807, 2.05) is 12.3 Å². The molecule has 1 rings (SSSR count). The molecule has 0 aliphatic rings. The Kier molecular flexibility index (Phi) is 7.09. The van der Waals surface area contributed by atoms with Gasteiger partial charge < -0.3 is 0 Å². The average Bonchev–Trinajstić information content (AvgIpc) is 2.35. The number of pyridine rings is 1. The fourth-order valence-corrected chi connectivity index (χ4v) is 1.46. The molecule has 5 nitrogen and oxygen atoms in total. The van der Waals surface area contributed by atoms with Crippen LogP contribution in [-0.2, 0) is 4.79 Å². The molecule has 0 fully saturated rings. The van der Waals surface area contributed by atoms with Crippen molar-refractivity contribution in [1.29, 1.82) is 0 Å². The molecule has 0 spiro atoms. The van der Waals surface area contributed by atoms with Crippen LogP contribution in [0.5, 0.6) is 0 Å². The molecule has 1 unspecified atom stereocenters. The van der Waals surface area contributed by atoms with E-state index in [4.69, 9.17) is 5.84 Å². The second-order valence-electron chi connectivity index (χ2n) is 3.43. The van der Waals surface area contributed by atoms with Gasteiger partial charge in [-0.2, -0.15) is 0 Å². The van der Waals surface area contributed by atoms with Gasteiger partial charge in [0.15, 0.2) is 5.78 Å². The molecular weight excluding hydrogens is 242 g/mol. The van der Waals surface area contributed by atoms with Crippen LogP contribution in [0.4, 0.5) is 0 Å². The largest absolute Gasteiger partial charge is 0.294 e. The predicted octanol–water partition coefficient (Wildman–Crippen LogP) is 1.09. The van der Waals surface area contributed by atoms with Crippen LogP contribution in [0.15, 0.2) is 24.4 Å². The van der Waals surface area contributed by atoms with Crippen molar-refractivity contribution in [2.24, 2.45) is 11.8 Å². The summed E-state index contributed by atoms with van der Waals surface area (Å²) in [5.74, 6) is 3.55. The molecule has 6 heteroatoms. The number of nitrogens with two attached hydrogens (primary N) is 1. The summed E-state index contributed by atoms with van der Waals surface area (Å²) in [7, 11) is 0. The average molecular weight is 258 g/mol. The van der Waals surface area contributed by atoms with Crippen LogP contribution in [0.2, 0.25) is 0 Å². The molecule has 1 aromatic heterocycles. The first-order valence-electron chi connectivity index (χ1n) is 5.16.